The number of aliphatic imine (C=N–C) groups is 1. The Bertz CT molecular complexity index is 447. The Morgan fingerprint density at radius 1 is 1.59 bits per heavy atom. The number of halogens is 1. The maximum absolute atomic E-state index is 10.4. The van der Waals surface area contributed by atoms with E-state index in [9.17, 15) is 10.1 Å². The van der Waals surface area contributed by atoms with E-state index in [4.69, 9.17) is 11.6 Å². The highest BCUT2D eigenvalue weighted by Gasteiger charge is 2.20. The second kappa shape index (κ2) is 4.96. The number of guanidine groups is 1. The lowest BCUT2D eigenvalue weighted by atomic mass is 10.7. The third-order valence-corrected chi connectivity index (χ3v) is 2.51. The first-order valence-corrected chi connectivity index (χ1v) is 5.34. The van der Waals surface area contributed by atoms with Crippen LogP contribution in [0.25, 0.3) is 0 Å². The Morgan fingerprint density at radius 2 is 2.41 bits per heavy atom. The number of nitrogens with zero attached hydrogens (tertiary/aromatic N) is 4. The fraction of sp³-hybridized carbons (Fsp3) is 0.333. The van der Waals surface area contributed by atoms with Gasteiger partial charge < -0.3 is 4.90 Å². The summed E-state index contributed by atoms with van der Waals surface area (Å²) in [4.78, 5) is 20.1. The number of aromatic nitrogens is 1. The molecule has 0 aliphatic carbocycles. The van der Waals surface area contributed by atoms with E-state index in [1.807, 2.05) is 6.07 Å². The minimum absolute atomic E-state index is 0.282. The zero-order chi connectivity index (χ0) is 12.3. The topological polar surface area (TPSA) is 83.7 Å². The smallest absolute Gasteiger partial charge is 0.257 e. The summed E-state index contributed by atoms with van der Waals surface area (Å²) in [6.07, 6.45) is 1.64. The number of nitro groups is 1. The third-order valence-electron chi connectivity index (χ3n) is 2.28. The van der Waals surface area contributed by atoms with E-state index in [1.54, 1.807) is 17.2 Å². The molecule has 0 saturated heterocycles. The Morgan fingerprint density at radius 3 is 3.06 bits per heavy atom. The molecule has 2 rings (SSSR count). The molecule has 0 atom stereocenters. The third kappa shape index (κ3) is 3.04. The average molecular weight is 262 g/mol. The maximum Gasteiger partial charge on any atom is 0.257 e. The van der Waals surface area contributed by atoms with E-state index < -0.39 is 5.03 Å². The number of nitrogens with one attached hydrogen (secondary N) is 1. The molecule has 0 bridgehead atoms. The highest BCUT2D eigenvalue weighted by atomic mass is 35.5. The number of hydrogen-bond acceptors (Lipinski definition) is 5. The van der Waals surface area contributed by atoms with E-state index >= 15 is 0 Å². The predicted octanol–water partition coefficient (Wildman–Crippen LogP) is 0.688. The zero-order valence-electron chi connectivity index (χ0n) is 8.84. The second-order valence-electron chi connectivity index (χ2n) is 3.48. The first-order chi connectivity index (χ1) is 8.15. The van der Waals surface area contributed by atoms with Crippen molar-refractivity contribution in [2.45, 2.75) is 6.54 Å². The number of rotatable bonds is 3. The molecule has 17 heavy (non-hydrogen) atoms. The highest BCUT2D eigenvalue weighted by molar-refractivity contribution is 6.29. The number of pyridine rings is 1. The molecule has 90 valence electrons. The molecule has 1 aromatic rings. The molecule has 0 fully saturated rings. The summed E-state index contributed by atoms with van der Waals surface area (Å²) in [6, 6.07) is 3.52. The lowest BCUT2D eigenvalue weighted by Crippen LogP contribution is -2.40. The molecule has 7 nitrogen and oxygen atoms in total. The van der Waals surface area contributed by atoms with Gasteiger partial charge in [0.05, 0.1) is 6.54 Å². The van der Waals surface area contributed by atoms with Crippen LogP contribution >= 0.6 is 11.6 Å². The molecule has 1 N–H and O–H groups in total. The minimum Gasteiger partial charge on any atom is -0.332 e. The Labute approximate surface area is 102 Å². The molecule has 0 radical (unpaired) electrons. The highest BCUT2D eigenvalue weighted by Crippen LogP contribution is 2.10. The summed E-state index contributed by atoms with van der Waals surface area (Å²) in [5, 5.41) is 10.2. The van der Waals surface area contributed by atoms with E-state index in [0.717, 1.165) is 5.56 Å². The van der Waals surface area contributed by atoms with Gasteiger partial charge in [0.15, 0.2) is 5.03 Å². The molecule has 0 unspecified atom stereocenters. The summed E-state index contributed by atoms with van der Waals surface area (Å²) in [6.45, 7) is 1.72. The lowest BCUT2D eigenvalue weighted by molar-refractivity contribution is -0.526. The molecule has 0 aromatic carbocycles. The summed E-state index contributed by atoms with van der Waals surface area (Å²) < 4.78 is 0. The first kappa shape index (κ1) is 11.6. The SMILES string of the molecule is O=[N+]([O-])NC1=NCCN1[13CH2][13c]1[13cH][13cH][13c](Cl)n[13cH]1. The van der Waals surface area contributed by atoms with Crippen molar-refractivity contribution < 1.29 is 5.03 Å². The molecule has 2 heterocycles. The fourth-order valence-electron chi connectivity index (χ4n) is 1.54. The molecule has 0 spiro atoms. The lowest BCUT2D eigenvalue weighted by Gasteiger charge is -2.17. The van der Waals surface area contributed by atoms with Crippen LogP contribution in [0.3, 0.4) is 0 Å². The van der Waals surface area contributed by atoms with Crippen LogP contribution in [0.1, 0.15) is 5.56 Å². The fourth-order valence-corrected chi connectivity index (χ4v) is 1.66. The van der Waals surface area contributed by atoms with Gasteiger partial charge in [-0.25, -0.2) is 20.1 Å². The van der Waals surface area contributed by atoms with Crippen molar-refractivity contribution in [3.05, 3.63) is 39.2 Å². The van der Waals surface area contributed by atoms with Gasteiger partial charge >= 0.3 is 0 Å². The average Bonchev–Trinajstić information content (AvgIpc) is 2.68. The number of hydrogen-bond donors (Lipinski definition) is 1. The van der Waals surface area contributed by atoms with Gasteiger partial charge in [0.2, 0.25) is 0 Å². The molecule has 1 aromatic heterocycles. The van der Waals surface area contributed by atoms with Crippen LogP contribution in [-0.2, 0) is 6.54 Å². The molecular formula is C9H10ClN5O2. The van der Waals surface area contributed by atoms with Gasteiger partial charge in [-0.1, -0.05) is 23.1 Å². The van der Waals surface area contributed by atoms with E-state index in [1.165, 1.54) is 0 Å². The summed E-state index contributed by atoms with van der Waals surface area (Å²) in [5.74, 6) is 0.282. The van der Waals surface area contributed by atoms with Crippen LogP contribution < -0.4 is 5.43 Å². The summed E-state index contributed by atoms with van der Waals surface area (Å²) in [5.41, 5.74) is 3.00. The minimum atomic E-state index is -0.614. The second-order valence-corrected chi connectivity index (χ2v) is 3.87. The van der Waals surface area contributed by atoms with Crippen molar-refractivity contribution in [1.29, 1.82) is 0 Å². The van der Waals surface area contributed by atoms with Crippen molar-refractivity contribution >= 4 is 17.6 Å². The monoisotopic (exact) mass is 261 g/mol. The first-order valence-electron chi connectivity index (χ1n) is 4.96. The maximum atomic E-state index is 10.4. The van der Waals surface area contributed by atoms with Gasteiger partial charge in [0.1, 0.15) is 5.15 Å². The molecule has 8 heteroatoms. The Kier molecular flexibility index (Phi) is 3.38. The van der Waals surface area contributed by atoms with Crippen molar-refractivity contribution in [2.75, 3.05) is 13.1 Å². The van der Waals surface area contributed by atoms with Crippen molar-refractivity contribution in [3.8, 4) is 0 Å². The molecule has 0 saturated carbocycles. The predicted molar refractivity (Wildman–Crippen MR) is 62.1 cm³/mol. The van der Waals surface area contributed by atoms with E-state index in [-0.39, 0.29) is 5.96 Å². The van der Waals surface area contributed by atoms with Gasteiger partial charge in [0, 0.05) is 19.3 Å². The normalized spacial score (nSPS) is 14.6. The van der Waals surface area contributed by atoms with Gasteiger partial charge in [0.25, 0.3) is 5.96 Å². The van der Waals surface area contributed by atoms with E-state index in [2.05, 4.69) is 15.4 Å². The molecular weight excluding hydrogens is 252 g/mol. The van der Waals surface area contributed by atoms with Crippen LogP contribution in [0.4, 0.5) is 0 Å². The molecule has 1 aliphatic heterocycles. The summed E-state index contributed by atoms with van der Waals surface area (Å²) in [7, 11) is 0. The zero-order valence-corrected chi connectivity index (χ0v) is 9.59. The standard InChI is InChI=1S/C9H10ClN5O2/c10-8-2-1-7(5-12-8)6-14-4-3-11-9(14)13-15(16)17/h1-2,5H,3-4,6H2,(H,11,13)/i1+1,2+1,5+1,6+1,7+1,8+1. The number of hydrazine groups is 1. The van der Waals surface area contributed by atoms with Crippen LogP contribution in [0.2, 0.25) is 5.15 Å². The van der Waals surface area contributed by atoms with Crippen LogP contribution in [0.5, 0.6) is 0 Å². The molecule has 1 aliphatic rings. The van der Waals surface area contributed by atoms with Crippen LogP contribution in [0, 0.1) is 10.1 Å². The summed E-state index contributed by atoms with van der Waals surface area (Å²) >= 11 is 5.68. The van der Waals surface area contributed by atoms with Crippen LogP contribution in [0.15, 0.2) is 23.3 Å². The van der Waals surface area contributed by atoms with Gasteiger partial charge in [-0.3, -0.25) is 0 Å². The van der Waals surface area contributed by atoms with Crippen molar-refractivity contribution in [3.63, 3.8) is 0 Å². The largest absolute Gasteiger partial charge is 0.332 e. The van der Waals surface area contributed by atoms with Gasteiger partial charge in [-0.15, -0.1) is 0 Å². The van der Waals surface area contributed by atoms with Crippen molar-refractivity contribution in [1.82, 2.24) is 15.3 Å². The van der Waals surface area contributed by atoms with Gasteiger partial charge in [-0.05, 0) is 11.6 Å². The van der Waals surface area contributed by atoms with Crippen LogP contribution in [-0.4, -0.2) is 34.0 Å². The molecule has 0 amide bonds. The Balaban J connectivity index is 2.01. The van der Waals surface area contributed by atoms with Crippen molar-refractivity contribution in [2.24, 2.45) is 4.99 Å². The van der Waals surface area contributed by atoms with E-state index in [0.29, 0.717) is 24.8 Å². The van der Waals surface area contributed by atoms with Gasteiger partial charge in [-0.2, -0.15) is 0 Å². The quantitative estimate of drug-likeness (QED) is 0.374. The Hall–Kier alpha value is -1.89.